The third-order valence-corrected chi connectivity index (χ3v) is 2.92. The average Bonchev–Trinajstić information content (AvgIpc) is 2.78. The second-order valence-electron chi connectivity index (χ2n) is 3.86. The Balaban J connectivity index is 2.18. The van der Waals surface area contributed by atoms with Crippen molar-refractivity contribution in [1.29, 1.82) is 0 Å². The van der Waals surface area contributed by atoms with Crippen LogP contribution in [0.2, 0.25) is 0 Å². The van der Waals surface area contributed by atoms with Gasteiger partial charge in [0.05, 0.1) is 6.04 Å². The summed E-state index contributed by atoms with van der Waals surface area (Å²) in [6.07, 6.45) is 4.46. The van der Waals surface area contributed by atoms with E-state index in [9.17, 15) is 4.79 Å². The summed E-state index contributed by atoms with van der Waals surface area (Å²) < 4.78 is 0. The van der Waals surface area contributed by atoms with Gasteiger partial charge in [-0.05, 0) is 25.0 Å². The number of Topliss-reactive ketones (excluding diaryl/α,β-unsaturated/α-hetero) is 1. The van der Waals surface area contributed by atoms with Crippen LogP contribution in [0.5, 0.6) is 0 Å². The zero-order chi connectivity index (χ0) is 10.7. The summed E-state index contributed by atoms with van der Waals surface area (Å²) in [5.74, 6) is 1.26. The number of rotatable bonds is 3. The van der Waals surface area contributed by atoms with Crippen LogP contribution in [0.25, 0.3) is 0 Å². The molecule has 1 saturated heterocycles. The molecule has 0 amide bonds. The predicted octanol–water partition coefficient (Wildman–Crippen LogP) is 2.03. The highest BCUT2D eigenvalue weighted by atomic mass is 16.1. The highest BCUT2D eigenvalue weighted by Gasteiger charge is 2.29. The maximum absolute atomic E-state index is 11.7. The van der Waals surface area contributed by atoms with Crippen LogP contribution in [0.4, 0.5) is 5.82 Å². The van der Waals surface area contributed by atoms with Gasteiger partial charge in [-0.15, -0.1) is 0 Å². The molecular weight excluding hydrogens is 188 g/mol. The first kappa shape index (κ1) is 10.1. The lowest BCUT2D eigenvalue weighted by molar-refractivity contribution is -0.119. The van der Waals surface area contributed by atoms with E-state index >= 15 is 0 Å². The van der Waals surface area contributed by atoms with Crippen molar-refractivity contribution in [3.05, 3.63) is 24.4 Å². The number of hydrogen-bond donors (Lipinski definition) is 0. The molecule has 1 aromatic rings. The molecular formula is C12H16N2O. The molecule has 1 aromatic heterocycles. The van der Waals surface area contributed by atoms with E-state index in [-0.39, 0.29) is 6.04 Å². The van der Waals surface area contributed by atoms with Crippen LogP contribution in [-0.2, 0) is 4.79 Å². The summed E-state index contributed by atoms with van der Waals surface area (Å²) in [5.41, 5.74) is 0. The van der Waals surface area contributed by atoms with Crippen LogP contribution in [0.15, 0.2) is 24.4 Å². The molecule has 0 N–H and O–H groups in total. The maximum Gasteiger partial charge on any atom is 0.155 e. The lowest BCUT2D eigenvalue weighted by Crippen LogP contribution is -2.36. The zero-order valence-corrected chi connectivity index (χ0v) is 9.02. The first-order valence-corrected chi connectivity index (χ1v) is 5.53. The van der Waals surface area contributed by atoms with Gasteiger partial charge in [0.1, 0.15) is 5.82 Å². The Kier molecular flexibility index (Phi) is 2.99. The van der Waals surface area contributed by atoms with Gasteiger partial charge in [-0.2, -0.15) is 0 Å². The Labute approximate surface area is 90.1 Å². The molecule has 0 spiro atoms. The second-order valence-corrected chi connectivity index (χ2v) is 3.86. The Hall–Kier alpha value is -1.38. The normalized spacial score (nSPS) is 20.6. The third kappa shape index (κ3) is 2.01. The summed E-state index contributed by atoms with van der Waals surface area (Å²) in [6.45, 7) is 2.88. The van der Waals surface area contributed by atoms with Crippen molar-refractivity contribution < 1.29 is 4.79 Å². The molecule has 1 unspecified atom stereocenters. The lowest BCUT2D eigenvalue weighted by atomic mass is 10.1. The van der Waals surface area contributed by atoms with Gasteiger partial charge < -0.3 is 4.90 Å². The van der Waals surface area contributed by atoms with E-state index in [1.807, 2.05) is 25.1 Å². The van der Waals surface area contributed by atoms with E-state index in [4.69, 9.17) is 0 Å². The topological polar surface area (TPSA) is 33.2 Å². The molecule has 1 fully saturated rings. The van der Waals surface area contributed by atoms with Crippen LogP contribution in [0.3, 0.4) is 0 Å². The van der Waals surface area contributed by atoms with Gasteiger partial charge >= 0.3 is 0 Å². The van der Waals surface area contributed by atoms with E-state index in [0.29, 0.717) is 12.2 Å². The summed E-state index contributed by atoms with van der Waals surface area (Å²) >= 11 is 0. The van der Waals surface area contributed by atoms with Gasteiger partial charge in [0.25, 0.3) is 0 Å². The van der Waals surface area contributed by atoms with E-state index in [0.717, 1.165) is 25.2 Å². The summed E-state index contributed by atoms with van der Waals surface area (Å²) in [5, 5.41) is 0. The van der Waals surface area contributed by atoms with Crippen LogP contribution in [-0.4, -0.2) is 23.4 Å². The van der Waals surface area contributed by atoms with Gasteiger partial charge in [0, 0.05) is 19.2 Å². The highest BCUT2D eigenvalue weighted by Crippen LogP contribution is 2.24. The number of carbonyl (C=O) groups is 1. The number of ketones is 1. The second kappa shape index (κ2) is 4.43. The van der Waals surface area contributed by atoms with Crippen molar-refractivity contribution in [2.45, 2.75) is 32.2 Å². The minimum absolute atomic E-state index is 0.0601. The van der Waals surface area contributed by atoms with Crippen LogP contribution < -0.4 is 4.90 Å². The van der Waals surface area contributed by atoms with Gasteiger partial charge in [-0.3, -0.25) is 4.79 Å². The monoisotopic (exact) mass is 204 g/mol. The summed E-state index contributed by atoms with van der Waals surface area (Å²) in [4.78, 5) is 18.2. The molecule has 2 rings (SSSR count). The van der Waals surface area contributed by atoms with Crippen LogP contribution in [0, 0.1) is 0 Å². The standard InChI is InChI=1S/C12H16N2O/c1-2-11(15)10-6-5-9-14(10)12-7-3-4-8-13-12/h3-4,7-8,10H,2,5-6,9H2,1H3. The fourth-order valence-corrected chi connectivity index (χ4v) is 2.13. The van der Waals surface area contributed by atoms with Crippen LogP contribution >= 0.6 is 0 Å². The number of nitrogens with zero attached hydrogens (tertiary/aromatic N) is 2. The average molecular weight is 204 g/mol. The van der Waals surface area contributed by atoms with E-state index in [1.165, 1.54) is 0 Å². The lowest BCUT2D eigenvalue weighted by Gasteiger charge is -2.24. The molecule has 0 aromatic carbocycles. The first-order valence-electron chi connectivity index (χ1n) is 5.53. The summed E-state index contributed by atoms with van der Waals surface area (Å²) in [6, 6.07) is 5.90. The number of aromatic nitrogens is 1. The molecule has 0 saturated carbocycles. The maximum atomic E-state index is 11.7. The molecule has 0 aliphatic carbocycles. The van der Waals surface area contributed by atoms with E-state index in [1.54, 1.807) is 6.20 Å². The molecule has 3 heteroatoms. The number of pyridine rings is 1. The smallest absolute Gasteiger partial charge is 0.155 e. The molecule has 1 atom stereocenters. The molecule has 1 aliphatic rings. The van der Waals surface area contributed by atoms with Crippen LogP contribution in [0.1, 0.15) is 26.2 Å². The number of hydrogen-bond acceptors (Lipinski definition) is 3. The minimum Gasteiger partial charge on any atom is -0.347 e. The zero-order valence-electron chi connectivity index (χ0n) is 9.02. The van der Waals surface area contributed by atoms with Gasteiger partial charge in [0.15, 0.2) is 5.78 Å². The van der Waals surface area contributed by atoms with E-state index < -0.39 is 0 Å². The van der Waals surface area contributed by atoms with Crippen molar-refractivity contribution in [3.8, 4) is 0 Å². The Morgan fingerprint density at radius 3 is 3.13 bits per heavy atom. The first-order chi connectivity index (χ1) is 7.33. The SMILES string of the molecule is CCC(=O)C1CCCN1c1ccccn1. The van der Waals surface area contributed by atoms with Crippen molar-refractivity contribution in [2.24, 2.45) is 0 Å². The molecule has 80 valence electrons. The van der Waals surface area contributed by atoms with Crippen molar-refractivity contribution in [2.75, 3.05) is 11.4 Å². The Morgan fingerprint density at radius 2 is 2.47 bits per heavy atom. The van der Waals surface area contributed by atoms with Gasteiger partial charge in [-0.1, -0.05) is 13.0 Å². The summed E-state index contributed by atoms with van der Waals surface area (Å²) in [7, 11) is 0. The minimum atomic E-state index is 0.0601. The molecule has 2 heterocycles. The number of anilines is 1. The quantitative estimate of drug-likeness (QED) is 0.755. The van der Waals surface area contributed by atoms with Crippen molar-refractivity contribution >= 4 is 11.6 Å². The fourth-order valence-electron chi connectivity index (χ4n) is 2.13. The van der Waals surface area contributed by atoms with Gasteiger partial charge in [0.2, 0.25) is 0 Å². The van der Waals surface area contributed by atoms with Crippen molar-refractivity contribution in [1.82, 2.24) is 4.98 Å². The fraction of sp³-hybridized carbons (Fsp3) is 0.500. The molecule has 0 radical (unpaired) electrons. The molecule has 0 bridgehead atoms. The molecule has 1 aliphatic heterocycles. The largest absolute Gasteiger partial charge is 0.347 e. The number of carbonyl (C=O) groups excluding carboxylic acids is 1. The predicted molar refractivity (Wildman–Crippen MR) is 59.9 cm³/mol. The van der Waals surface area contributed by atoms with Gasteiger partial charge in [-0.25, -0.2) is 4.98 Å². The van der Waals surface area contributed by atoms with E-state index in [2.05, 4.69) is 9.88 Å². The third-order valence-electron chi connectivity index (χ3n) is 2.92. The molecule has 3 nitrogen and oxygen atoms in total. The molecule has 15 heavy (non-hydrogen) atoms. The highest BCUT2D eigenvalue weighted by molar-refractivity contribution is 5.87. The Bertz CT molecular complexity index is 337. The Morgan fingerprint density at radius 1 is 1.60 bits per heavy atom. The van der Waals surface area contributed by atoms with Crippen molar-refractivity contribution in [3.63, 3.8) is 0 Å².